The summed E-state index contributed by atoms with van der Waals surface area (Å²) in [5.41, 5.74) is 3.22. The van der Waals surface area contributed by atoms with Crippen molar-refractivity contribution in [1.82, 2.24) is 5.32 Å². The highest BCUT2D eigenvalue weighted by Crippen LogP contribution is 2.31. The number of aryl methyl sites for hydroxylation is 2. The molecule has 0 saturated carbocycles. The molecule has 1 aliphatic carbocycles. The van der Waals surface area contributed by atoms with Gasteiger partial charge in [-0.1, -0.05) is 6.07 Å². The van der Waals surface area contributed by atoms with Crippen molar-refractivity contribution in [3.63, 3.8) is 0 Å². The highest BCUT2D eigenvalue weighted by atomic mass is 32.2. The maximum Gasteiger partial charge on any atom is 0.0220 e. The van der Waals surface area contributed by atoms with Crippen LogP contribution in [0.15, 0.2) is 23.1 Å². The number of benzene rings is 1. The number of nitrogens with one attached hydrogen (secondary N) is 1. The predicted octanol–water partition coefficient (Wildman–Crippen LogP) is 3.41. The highest BCUT2D eigenvalue weighted by Gasteiger charge is 2.15. The summed E-state index contributed by atoms with van der Waals surface area (Å²) in [5, 5.41) is 4.28. The summed E-state index contributed by atoms with van der Waals surface area (Å²) in [5.74, 6) is 0. The Bertz CT molecular complexity index is 383. The Kier molecular flexibility index (Phi) is 3.72. The number of hydrogen-bond donors (Lipinski definition) is 1. The lowest BCUT2D eigenvalue weighted by Crippen LogP contribution is -2.31. The second-order valence-corrected chi connectivity index (χ2v) is 6.60. The average molecular weight is 247 g/mol. The molecule has 1 saturated heterocycles. The van der Waals surface area contributed by atoms with Crippen molar-refractivity contribution in [3.8, 4) is 0 Å². The summed E-state index contributed by atoms with van der Waals surface area (Å²) in [4.78, 5) is 1.49. The van der Waals surface area contributed by atoms with Crippen LogP contribution < -0.4 is 5.32 Å². The van der Waals surface area contributed by atoms with Gasteiger partial charge in [-0.2, -0.15) is 0 Å². The molecule has 0 spiro atoms. The molecule has 1 unspecified atom stereocenters. The smallest absolute Gasteiger partial charge is 0.0220 e. The van der Waals surface area contributed by atoms with Gasteiger partial charge in [0.1, 0.15) is 0 Å². The molecule has 1 aromatic rings. The van der Waals surface area contributed by atoms with Crippen LogP contribution in [0.5, 0.6) is 0 Å². The van der Waals surface area contributed by atoms with Crippen molar-refractivity contribution in [1.29, 1.82) is 0 Å². The van der Waals surface area contributed by atoms with Gasteiger partial charge in [0.15, 0.2) is 0 Å². The van der Waals surface area contributed by atoms with Gasteiger partial charge in [0.25, 0.3) is 0 Å². The number of thioether (sulfide) groups is 1. The summed E-state index contributed by atoms with van der Waals surface area (Å²) in [7, 11) is 0. The molecule has 1 aromatic carbocycles. The number of rotatable bonds is 2. The molecule has 0 amide bonds. The van der Waals surface area contributed by atoms with E-state index in [-0.39, 0.29) is 0 Å². The van der Waals surface area contributed by atoms with Gasteiger partial charge in [-0.3, -0.25) is 0 Å². The lowest BCUT2D eigenvalue weighted by Gasteiger charge is -2.23. The van der Waals surface area contributed by atoms with E-state index >= 15 is 0 Å². The Balaban J connectivity index is 1.70. The Morgan fingerprint density at radius 2 is 1.94 bits per heavy atom. The molecule has 17 heavy (non-hydrogen) atoms. The van der Waals surface area contributed by atoms with E-state index in [1.807, 2.05) is 0 Å². The molecule has 2 heteroatoms. The summed E-state index contributed by atoms with van der Waals surface area (Å²) in [6.07, 6.45) is 8.06. The fourth-order valence-corrected chi connectivity index (χ4v) is 4.12. The first-order chi connectivity index (χ1) is 8.42. The third kappa shape index (κ3) is 2.86. The van der Waals surface area contributed by atoms with E-state index in [1.165, 1.54) is 56.5 Å². The first-order valence-electron chi connectivity index (χ1n) is 6.91. The van der Waals surface area contributed by atoms with E-state index < -0.39 is 0 Å². The highest BCUT2D eigenvalue weighted by molar-refractivity contribution is 8.00. The van der Waals surface area contributed by atoms with E-state index in [0.29, 0.717) is 0 Å². The predicted molar refractivity (Wildman–Crippen MR) is 74.8 cm³/mol. The van der Waals surface area contributed by atoms with E-state index in [0.717, 1.165) is 5.25 Å². The number of fused-ring (bicyclic) bond motifs is 1. The van der Waals surface area contributed by atoms with Crippen molar-refractivity contribution in [3.05, 3.63) is 29.3 Å². The van der Waals surface area contributed by atoms with E-state index in [2.05, 4.69) is 35.3 Å². The molecular formula is C15H21NS. The minimum atomic E-state index is 0.783. The number of piperidine rings is 1. The van der Waals surface area contributed by atoms with Crippen LogP contribution in [0.25, 0.3) is 0 Å². The lowest BCUT2D eigenvalue weighted by molar-refractivity contribution is 0.531. The van der Waals surface area contributed by atoms with Gasteiger partial charge in [-0.15, -0.1) is 11.8 Å². The molecule has 92 valence electrons. The van der Waals surface area contributed by atoms with Gasteiger partial charge >= 0.3 is 0 Å². The summed E-state index contributed by atoms with van der Waals surface area (Å²) >= 11 is 2.07. The Hall–Kier alpha value is -0.470. The second-order valence-electron chi connectivity index (χ2n) is 5.22. The first kappa shape index (κ1) is 11.6. The van der Waals surface area contributed by atoms with Crippen molar-refractivity contribution >= 4 is 11.8 Å². The monoisotopic (exact) mass is 247 g/mol. The third-order valence-corrected chi connectivity index (χ3v) is 5.14. The molecule has 1 fully saturated rings. The van der Waals surface area contributed by atoms with Crippen molar-refractivity contribution in [2.45, 2.75) is 48.7 Å². The fourth-order valence-electron chi connectivity index (χ4n) is 2.90. The van der Waals surface area contributed by atoms with Crippen LogP contribution in [0.3, 0.4) is 0 Å². The van der Waals surface area contributed by atoms with Crippen molar-refractivity contribution in [2.24, 2.45) is 0 Å². The number of hydrogen-bond acceptors (Lipinski definition) is 2. The van der Waals surface area contributed by atoms with Crippen LogP contribution in [-0.2, 0) is 12.8 Å². The van der Waals surface area contributed by atoms with Gasteiger partial charge in [0, 0.05) is 16.7 Å². The summed E-state index contributed by atoms with van der Waals surface area (Å²) < 4.78 is 0. The van der Waals surface area contributed by atoms with Gasteiger partial charge in [0.05, 0.1) is 0 Å². The normalized spacial score (nSPS) is 24.4. The fraction of sp³-hybridized carbons (Fsp3) is 0.600. The van der Waals surface area contributed by atoms with Crippen LogP contribution >= 0.6 is 11.8 Å². The molecule has 0 aromatic heterocycles. The average Bonchev–Trinajstić information content (AvgIpc) is 2.40. The first-order valence-corrected chi connectivity index (χ1v) is 7.79. The molecule has 1 nitrogen and oxygen atoms in total. The molecule has 3 rings (SSSR count). The van der Waals surface area contributed by atoms with Gasteiger partial charge in [-0.05, 0) is 68.3 Å². The lowest BCUT2D eigenvalue weighted by atomic mass is 9.92. The zero-order valence-corrected chi connectivity index (χ0v) is 11.2. The Labute approximate surface area is 108 Å². The summed E-state index contributed by atoms with van der Waals surface area (Å²) in [6.45, 7) is 2.39. The zero-order chi connectivity index (χ0) is 11.5. The van der Waals surface area contributed by atoms with Crippen molar-refractivity contribution in [2.75, 3.05) is 13.1 Å². The molecule has 1 heterocycles. The molecule has 1 aliphatic heterocycles. The standard InChI is InChI=1S/C15H21NS/c1-2-5-13-10-14(8-7-12(13)4-1)17-15-6-3-9-16-11-15/h7-8,10,15-16H,1-6,9,11H2. The molecule has 0 bridgehead atoms. The molecule has 1 atom stereocenters. The molecule has 1 N–H and O–H groups in total. The SMILES string of the molecule is c1cc2c(cc1SC1CCCNC1)CCCC2. The van der Waals surface area contributed by atoms with Crippen LogP contribution in [0.4, 0.5) is 0 Å². The van der Waals surface area contributed by atoms with Crippen LogP contribution in [0.1, 0.15) is 36.8 Å². The van der Waals surface area contributed by atoms with Gasteiger partial charge in [0.2, 0.25) is 0 Å². The minimum absolute atomic E-state index is 0.783. The van der Waals surface area contributed by atoms with E-state index in [1.54, 1.807) is 11.1 Å². The third-order valence-electron chi connectivity index (χ3n) is 3.87. The maximum absolute atomic E-state index is 3.50. The van der Waals surface area contributed by atoms with Crippen LogP contribution in [-0.4, -0.2) is 18.3 Å². The summed E-state index contributed by atoms with van der Waals surface area (Å²) in [6, 6.07) is 7.16. The second kappa shape index (κ2) is 5.45. The molecule has 0 radical (unpaired) electrons. The molecular weight excluding hydrogens is 226 g/mol. The van der Waals surface area contributed by atoms with Crippen LogP contribution in [0.2, 0.25) is 0 Å². The Morgan fingerprint density at radius 3 is 2.76 bits per heavy atom. The minimum Gasteiger partial charge on any atom is -0.316 e. The van der Waals surface area contributed by atoms with E-state index in [9.17, 15) is 0 Å². The van der Waals surface area contributed by atoms with Gasteiger partial charge < -0.3 is 5.32 Å². The maximum atomic E-state index is 3.50. The Morgan fingerprint density at radius 1 is 1.06 bits per heavy atom. The topological polar surface area (TPSA) is 12.0 Å². The van der Waals surface area contributed by atoms with Crippen molar-refractivity contribution < 1.29 is 0 Å². The zero-order valence-electron chi connectivity index (χ0n) is 10.4. The quantitative estimate of drug-likeness (QED) is 0.859. The molecule has 2 aliphatic rings. The van der Waals surface area contributed by atoms with E-state index in [4.69, 9.17) is 0 Å². The van der Waals surface area contributed by atoms with Crippen LogP contribution in [0, 0.1) is 0 Å². The van der Waals surface area contributed by atoms with Gasteiger partial charge in [-0.25, -0.2) is 0 Å². The largest absolute Gasteiger partial charge is 0.316 e.